The third-order valence-corrected chi connectivity index (χ3v) is 3.78. The fourth-order valence-electron chi connectivity index (χ4n) is 2.58. The number of amides is 1. The normalized spacial score (nSPS) is 13.0. The molecule has 0 atom stereocenters. The zero-order valence-corrected chi connectivity index (χ0v) is 14.4. The fraction of sp³-hybridized carbons (Fsp3) is 0.211. The molecule has 0 aliphatic carbocycles. The van der Waals surface area contributed by atoms with Gasteiger partial charge in [0.2, 0.25) is 5.91 Å². The molecule has 0 saturated carbocycles. The van der Waals surface area contributed by atoms with Crippen LogP contribution < -0.4 is 19.5 Å². The molecule has 0 unspecified atom stereocenters. The second kappa shape index (κ2) is 7.88. The van der Waals surface area contributed by atoms with E-state index >= 15 is 0 Å². The Labute approximate surface area is 150 Å². The Kier molecular flexibility index (Phi) is 5.38. The van der Waals surface area contributed by atoms with Gasteiger partial charge in [0.05, 0.1) is 26.5 Å². The Morgan fingerprint density at radius 3 is 2.85 bits per heavy atom. The van der Waals surface area contributed by atoms with Gasteiger partial charge in [-0.3, -0.25) is 4.79 Å². The first-order valence-electron chi connectivity index (χ1n) is 7.84. The van der Waals surface area contributed by atoms with Gasteiger partial charge in [0.15, 0.2) is 6.79 Å². The maximum Gasteiger partial charge on any atom is 0.248 e. The molecule has 7 heteroatoms. The first-order chi connectivity index (χ1) is 12.6. The Morgan fingerprint density at radius 1 is 1.23 bits per heavy atom. The van der Waals surface area contributed by atoms with Crippen LogP contribution in [0, 0.1) is 5.82 Å². The molecule has 26 heavy (non-hydrogen) atoms. The van der Waals surface area contributed by atoms with E-state index in [0.29, 0.717) is 34.1 Å². The average molecular weight is 359 g/mol. The van der Waals surface area contributed by atoms with Crippen molar-refractivity contribution in [1.82, 2.24) is 0 Å². The highest BCUT2D eigenvalue weighted by atomic mass is 19.1. The van der Waals surface area contributed by atoms with E-state index in [-0.39, 0.29) is 13.4 Å². The average Bonchev–Trinajstić information content (AvgIpc) is 2.65. The Bertz CT molecular complexity index is 850. The van der Waals surface area contributed by atoms with Gasteiger partial charge in [-0.1, -0.05) is 0 Å². The number of nitrogens with one attached hydrogen (secondary N) is 1. The van der Waals surface area contributed by atoms with Crippen LogP contribution in [0.4, 0.5) is 10.1 Å². The molecule has 1 heterocycles. The van der Waals surface area contributed by atoms with Crippen molar-refractivity contribution >= 4 is 17.7 Å². The van der Waals surface area contributed by atoms with Crippen LogP contribution in [0.5, 0.6) is 17.2 Å². The number of hydrogen-bond acceptors (Lipinski definition) is 5. The van der Waals surface area contributed by atoms with Crippen LogP contribution in [0.25, 0.3) is 6.08 Å². The molecule has 1 aliphatic heterocycles. The maximum atomic E-state index is 13.7. The number of anilines is 1. The molecule has 2 aromatic carbocycles. The van der Waals surface area contributed by atoms with Gasteiger partial charge in [0, 0.05) is 23.3 Å². The number of methoxy groups -OCH3 is 2. The second-order valence-corrected chi connectivity index (χ2v) is 5.48. The molecule has 136 valence electrons. The first-order valence-corrected chi connectivity index (χ1v) is 7.84. The van der Waals surface area contributed by atoms with Crippen molar-refractivity contribution in [2.75, 3.05) is 26.3 Å². The molecule has 1 aliphatic rings. The molecule has 0 bridgehead atoms. The van der Waals surface area contributed by atoms with Crippen LogP contribution in [0.2, 0.25) is 0 Å². The Morgan fingerprint density at radius 2 is 2.08 bits per heavy atom. The monoisotopic (exact) mass is 359 g/mol. The van der Waals surface area contributed by atoms with Crippen molar-refractivity contribution in [1.29, 1.82) is 0 Å². The van der Waals surface area contributed by atoms with Gasteiger partial charge in [0.1, 0.15) is 23.1 Å². The smallest absolute Gasteiger partial charge is 0.248 e. The predicted molar refractivity (Wildman–Crippen MR) is 93.9 cm³/mol. The summed E-state index contributed by atoms with van der Waals surface area (Å²) in [6, 6.07) is 7.72. The minimum Gasteiger partial charge on any atom is -0.497 e. The van der Waals surface area contributed by atoms with Crippen LogP contribution >= 0.6 is 0 Å². The third kappa shape index (κ3) is 3.94. The summed E-state index contributed by atoms with van der Waals surface area (Å²) >= 11 is 0. The standard InChI is InChI=1S/C19H18FNO5/c1-23-15-4-5-17(24-2)16(9-15)21-18(22)6-3-12-7-14(20)8-13-10-25-11-26-19(12)13/h3-9H,10-11H2,1-2H3,(H,21,22)/b6-3+. The highest BCUT2D eigenvalue weighted by Crippen LogP contribution is 2.31. The van der Waals surface area contributed by atoms with Crippen molar-refractivity contribution in [3.63, 3.8) is 0 Å². The number of fused-ring (bicyclic) bond motifs is 1. The highest BCUT2D eigenvalue weighted by Gasteiger charge is 2.16. The van der Waals surface area contributed by atoms with Crippen LogP contribution in [-0.4, -0.2) is 26.9 Å². The summed E-state index contributed by atoms with van der Waals surface area (Å²) < 4.78 is 34.7. The third-order valence-electron chi connectivity index (χ3n) is 3.78. The molecular weight excluding hydrogens is 341 g/mol. The molecule has 1 N–H and O–H groups in total. The van der Waals surface area contributed by atoms with Crippen LogP contribution in [-0.2, 0) is 16.1 Å². The van der Waals surface area contributed by atoms with E-state index in [2.05, 4.69) is 5.32 Å². The number of benzene rings is 2. The Hall–Kier alpha value is -3.06. The number of ether oxygens (including phenoxy) is 4. The van der Waals surface area contributed by atoms with Gasteiger partial charge in [-0.15, -0.1) is 0 Å². The number of halogens is 1. The summed E-state index contributed by atoms with van der Waals surface area (Å²) in [4.78, 5) is 12.3. The lowest BCUT2D eigenvalue weighted by Gasteiger charge is -2.19. The molecule has 0 radical (unpaired) electrons. The van der Waals surface area contributed by atoms with E-state index < -0.39 is 11.7 Å². The van der Waals surface area contributed by atoms with Gasteiger partial charge < -0.3 is 24.3 Å². The van der Waals surface area contributed by atoms with Gasteiger partial charge in [-0.05, 0) is 30.3 Å². The number of carbonyl (C=O) groups excluding carboxylic acids is 1. The minimum atomic E-state index is -0.424. The number of hydrogen-bond donors (Lipinski definition) is 1. The summed E-state index contributed by atoms with van der Waals surface area (Å²) in [6.45, 7) is 0.355. The zero-order chi connectivity index (χ0) is 18.5. The molecule has 0 fully saturated rings. The molecule has 3 rings (SSSR count). The number of carbonyl (C=O) groups is 1. The number of rotatable bonds is 5. The van der Waals surface area contributed by atoms with Gasteiger partial charge >= 0.3 is 0 Å². The lowest BCUT2D eigenvalue weighted by molar-refractivity contribution is -0.111. The minimum absolute atomic E-state index is 0.0900. The van der Waals surface area contributed by atoms with Crippen molar-refractivity contribution in [2.24, 2.45) is 0 Å². The van der Waals surface area contributed by atoms with E-state index in [1.54, 1.807) is 18.2 Å². The first kappa shape index (κ1) is 17.8. The van der Waals surface area contributed by atoms with Crippen molar-refractivity contribution in [2.45, 2.75) is 6.61 Å². The maximum absolute atomic E-state index is 13.7. The quantitative estimate of drug-likeness (QED) is 0.830. The van der Waals surface area contributed by atoms with E-state index in [9.17, 15) is 9.18 Å². The predicted octanol–water partition coefficient (Wildman–Crippen LogP) is 3.36. The van der Waals surface area contributed by atoms with Crippen molar-refractivity contribution in [3.05, 3.63) is 53.4 Å². The van der Waals surface area contributed by atoms with Gasteiger partial charge in [-0.2, -0.15) is 0 Å². The highest BCUT2D eigenvalue weighted by molar-refractivity contribution is 6.03. The lowest BCUT2D eigenvalue weighted by Crippen LogP contribution is -2.13. The lowest BCUT2D eigenvalue weighted by atomic mass is 10.1. The molecule has 0 aromatic heterocycles. The summed E-state index contributed by atoms with van der Waals surface area (Å²) in [7, 11) is 3.04. The summed E-state index contributed by atoms with van der Waals surface area (Å²) in [5, 5.41) is 2.71. The summed E-state index contributed by atoms with van der Waals surface area (Å²) in [5.74, 6) is 0.767. The molecule has 0 spiro atoms. The Balaban J connectivity index is 1.80. The van der Waals surface area contributed by atoms with Gasteiger partial charge in [-0.25, -0.2) is 4.39 Å². The largest absolute Gasteiger partial charge is 0.497 e. The molecule has 0 saturated heterocycles. The molecular formula is C19H18FNO5. The topological polar surface area (TPSA) is 66.0 Å². The molecule has 1 amide bonds. The van der Waals surface area contributed by atoms with Crippen molar-refractivity contribution in [3.8, 4) is 17.2 Å². The van der Waals surface area contributed by atoms with E-state index in [1.165, 1.54) is 38.5 Å². The van der Waals surface area contributed by atoms with Crippen LogP contribution in [0.3, 0.4) is 0 Å². The zero-order valence-electron chi connectivity index (χ0n) is 14.4. The van der Waals surface area contributed by atoms with E-state index in [4.69, 9.17) is 18.9 Å². The van der Waals surface area contributed by atoms with Crippen molar-refractivity contribution < 1.29 is 28.1 Å². The summed E-state index contributed by atoms with van der Waals surface area (Å²) in [6.07, 6.45) is 2.79. The van der Waals surface area contributed by atoms with E-state index in [0.717, 1.165) is 0 Å². The second-order valence-electron chi connectivity index (χ2n) is 5.48. The summed E-state index contributed by atoms with van der Waals surface area (Å²) in [5.41, 5.74) is 1.54. The fourth-order valence-corrected chi connectivity index (χ4v) is 2.58. The SMILES string of the molecule is COc1ccc(OC)c(NC(=O)/C=C/c2cc(F)cc3c2OCOC3)c1. The van der Waals surface area contributed by atoms with Crippen LogP contribution in [0.1, 0.15) is 11.1 Å². The van der Waals surface area contributed by atoms with Crippen LogP contribution in [0.15, 0.2) is 36.4 Å². The molecule has 6 nitrogen and oxygen atoms in total. The molecule has 2 aromatic rings. The van der Waals surface area contributed by atoms with E-state index in [1.807, 2.05) is 0 Å². The van der Waals surface area contributed by atoms with Gasteiger partial charge in [0.25, 0.3) is 0 Å².